The number of rotatable bonds is 4. The molecule has 4 rings (SSSR count). The van der Waals surface area contributed by atoms with Gasteiger partial charge >= 0.3 is 0 Å². The highest BCUT2D eigenvalue weighted by Crippen LogP contribution is 2.34. The molecule has 1 aromatic carbocycles. The van der Waals surface area contributed by atoms with Gasteiger partial charge in [-0.05, 0) is 56.3 Å². The summed E-state index contributed by atoms with van der Waals surface area (Å²) in [5.41, 5.74) is 0.516. The molecule has 0 aliphatic carbocycles. The van der Waals surface area contributed by atoms with E-state index in [4.69, 9.17) is 9.26 Å². The fraction of sp³-hybridized carbons (Fsp3) is 0.353. The van der Waals surface area contributed by atoms with Crippen LogP contribution in [-0.2, 0) is 5.54 Å². The molecule has 1 aliphatic heterocycles. The first-order valence-corrected chi connectivity index (χ1v) is 8.01. The zero-order valence-electron chi connectivity index (χ0n) is 13.9. The molecule has 0 amide bonds. The summed E-state index contributed by atoms with van der Waals surface area (Å²) in [6.45, 7) is 1.78. The van der Waals surface area contributed by atoms with Gasteiger partial charge in [0, 0.05) is 18.0 Å². The maximum absolute atomic E-state index is 5.66. The molecule has 0 radical (unpaired) electrons. The van der Waals surface area contributed by atoms with Crippen molar-refractivity contribution in [2.75, 3.05) is 20.2 Å². The van der Waals surface area contributed by atoms with E-state index in [0.717, 1.165) is 37.2 Å². The van der Waals surface area contributed by atoms with E-state index in [-0.39, 0.29) is 17.9 Å². The van der Waals surface area contributed by atoms with Crippen LogP contribution in [0.15, 0.2) is 47.2 Å². The molecule has 3 heterocycles. The average molecular weight is 362 g/mol. The molecule has 2 aromatic heterocycles. The Labute approximate surface area is 151 Å². The van der Waals surface area contributed by atoms with Gasteiger partial charge in [0.15, 0.2) is 0 Å². The van der Waals surface area contributed by atoms with Gasteiger partial charge in [-0.25, -0.2) is 0 Å². The van der Waals surface area contributed by atoms with Crippen LogP contribution in [0.25, 0.3) is 11.4 Å². The van der Waals surface area contributed by atoms with E-state index in [1.807, 2.05) is 41.2 Å². The molecule has 0 spiro atoms. The van der Waals surface area contributed by atoms with Gasteiger partial charge in [-0.3, -0.25) is 4.68 Å². The van der Waals surface area contributed by atoms with Gasteiger partial charge in [0.05, 0.1) is 7.11 Å². The molecule has 0 saturated carbocycles. The van der Waals surface area contributed by atoms with Crippen molar-refractivity contribution in [2.24, 2.45) is 0 Å². The average Bonchev–Trinajstić information content (AvgIpc) is 3.35. The van der Waals surface area contributed by atoms with Gasteiger partial charge in [0.2, 0.25) is 5.82 Å². The van der Waals surface area contributed by atoms with Crippen LogP contribution in [0.2, 0.25) is 0 Å². The molecule has 1 N–H and O–H groups in total. The molecule has 25 heavy (non-hydrogen) atoms. The number of hydrogen-bond donors (Lipinski definition) is 1. The third-order valence-corrected chi connectivity index (χ3v) is 4.55. The first kappa shape index (κ1) is 17.4. The lowest BCUT2D eigenvalue weighted by molar-refractivity contribution is 0.172. The third-order valence-electron chi connectivity index (χ3n) is 4.55. The molecule has 0 bridgehead atoms. The Balaban J connectivity index is 0.00000182. The maximum atomic E-state index is 5.66. The lowest BCUT2D eigenvalue weighted by Gasteiger charge is -2.34. The van der Waals surface area contributed by atoms with E-state index in [2.05, 4.69) is 20.6 Å². The van der Waals surface area contributed by atoms with Gasteiger partial charge in [-0.1, -0.05) is 5.16 Å². The van der Waals surface area contributed by atoms with E-state index >= 15 is 0 Å². The lowest BCUT2D eigenvalue weighted by atomic mass is 9.88. The van der Waals surface area contributed by atoms with E-state index in [9.17, 15) is 0 Å². The molecule has 1 saturated heterocycles. The van der Waals surface area contributed by atoms with Crippen LogP contribution in [-0.4, -0.2) is 40.1 Å². The standard InChI is InChI=1S/C17H19N5O2.ClH/c1-23-14-5-3-13(4-6-14)15-20-16(24-21-15)17(7-10-18-11-8-17)22-12-2-9-19-22;/h2-6,9,12,18H,7-8,10-11H2,1H3;1H. The fourth-order valence-corrected chi connectivity index (χ4v) is 3.17. The molecule has 132 valence electrons. The minimum absolute atomic E-state index is 0. The number of nitrogens with one attached hydrogen (secondary N) is 1. The number of methoxy groups -OCH3 is 1. The monoisotopic (exact) mass is 361 g/mol. The van der Waals surface area contributed by atoms with Gasteiger partial charge in [-0.2, -0.15) is 10.1 Å². The minimum Gasteiger partial charge on any atom is -0.497 e. The number of benzene rings is 1. The first-order valence-electron chi connectivity index (χ1n) is 8.01. The SMILES string of the molecule is COc1ccc(-c2noc(C3(n4cccn4)CCNCC3)n2)cc1.Cl. The number of halogens is 1. The summed E-state index contributed by atoms with van der Waals surface area (Å²) >= 11 is 0. The van der Waals surface area contributed by atoms with E-state index in [1.165, 1.54) is 0 Å². The van der Waals surface area contributed by atoms with Gasteiger partial charge < -0.3 is 14.6 Å². The molecule has 3 aromatic rings. The summed E-state index contributed by atoms with van der Waals surface area (Å²) in [6.07, 6.45) is 5.46. The van der Waals surface area contributed by atoms with Crippen LogP contribution >= 0.6 is 12.4 Å². The smallest absolute Gasteiger partial charge is 0.255 e. The quantitative estimate of drug-likeness (QED) is 0.769. The Kier molecular flexibility index (Phi) is 5.06. The summed E-state index contributed by atoms with van der Waals surface area (Å²) in [6, 6.07) is 9.55. The highest BCUT2D eigenvalue weighted by atomic mass is 35.5. The highest BCUT2D eigenvalue weighted by Gasteiger charge is 2.41. The van der Waals surface area contributed by atoms with E-state index in [1.54, 1.807) is 13.3 Å². The Morgan fingerprint density at radius 1 is 1.20 bits per heavy atom. The highest BCUT2D eigenvalue weighted by molar-refractivity contribution is 5.85. The molecule has 1 aliphatic rings. The molecular formula is C17H20ClN5O2. The molecule has 1 fully saturated rings. The summed E-state index contributed by atoms with van der Waals surface area (Å²) < 4.78 is 12.8. The number of hydrogen-bond acceptors (Lipinski definition) is 6. The van der Waals surface area contributed by atoms with E-state index in [0.29, 0.717) is 11.7 Å². The second-order valence-corrected chi connectivity index (χ2v) is 5.88. The van der Waals surface area contributed by atoms with Crippen LogP contribution in [0.4, 0.5) is 0 Å². The number of piperidine rings is 1. The number of ether oxygens (including phenoxy) is 1. The van der Waals surface area contributed by atoms with Gasteiger partial charge in [-0.15, -0.1) is 12.4 Å². The topological polar surface area (TPSA) is 78.0 Å². The van der Waals surface area contributed by atoms with Crippen molar-refractivity contribution in [2.45, 2.75) is 18.4 Å². The summed E-state index contributed by atoms with van der Waals surface area (Å²) in [5, 5.41) is 12.0. The van der Waals surface area contributed by atoms with Crippen LogP contribution in [0.1, 0.15) is 18.7 Å². The van der Waals surface area contributed by atoms with Crippen molar-refractivity contribution in [3.8, 4) is 17.1 Å². The predicted octanol–water partition coefficient (Wildman–Crippen LogP) is 2.49. The van der Waals surface area contributed by atoms with Crippen LogP contribution in [0.5, 0.6) is 5.75 Å². The summed E-state index contributed by atoms with van der Waals surface area (Å²) in [4.78, 5) is 4.68. The van der Waals surface area contributed by atoms with Crippen molar-refractivity contribution in [3.63, 3.8) is 0 Å². The Morgan fingerprint density at radius 2 is 1.96 bits per heavy atom. The lowest BCUT2D eigenvalue weighted by Crippen LogP contribution is -2.45. The minimum atomic E-state index is -0.382. The molecular weight excluding hydrogens is 342 g/mol. The van der Waals surface area contributed by atoms with Crippen LogP contribution < -0.4 is 10.1 Å². The summed E-state index contributed by atoms with van der Waals surface area (Å²) in [5.74, 6) is 1.99. The van der Waals surface area contributed by atoms with Crippen molar-refractivity contribution >= 4 is 12.4 Å². The first-order chi connectivity index (χ1) is 11.8. The number of aromatic nitrogens is 4. The zero-order valence-corrected chi connectivity index (χ0v) is 14.7. The Morgan fingerprint density at radius 3 is 2.60 bits per heavy atom. The second kappa shape index (κ2) is 7.25. The third kappa shape index (κ3) is 3.12. The van der Waals surface area contributed by atoms with Gasteiger partial charge in [0.1, 0.15) is 11.3 Å². The van der Waals surface area contributed by atoms with Crippen molar-refractivity contribution in [1.29, 1.82) is 0 Å². The predicted molar refractivity (Wildman–Crippen MR) is 94.9 cm³/mol. The molecule has 0 atom stereocenters. The maximum Gasteiger partial charge on any atom is 0.255 e. The van der Waals surface area contributed by atoms with Crippen molar-refractivity contribution in [3.05, 3.63) is 48.6 Å². The normalized spacial score (nSPS) is 16.2. The van der Waals surface area contributed by atoms with Gasteiger partial charge in [0.25, 0.3) is 5.89 Å². The second-order valence-electron chi connectivity index (χ2n) is 5.88. The number of nitrogens with zero attached hydrogens (tertiary/aromatic N) is 4. The van der Waals surface area contributed by atoms with Crippen molar-refractivity contribution < 1.29 is 9.26 Å². The molecule has 0 unspecified atom stereocenters. The van der Waals surface area contributed by atoms with Crippen LogP contribution in [0, 0.1) is 0 Å². The molecule has 8 heteroatoms. The Bertz CT molecular complexity index is 795. The summed E-state index contributed by atoms with van der Waals surface area (Å²) in [7, 11) is 1.65. The Hall–Kier alpha value is -2.38. The largest absolute Gasteiger partial charge is 0.497 e. The molecule has 7 nitrogen and oxygen atoms in total. The van der Waals surface area contributed by atoms with Crippen molar-refractivity contribution in [1.82, 2.24) is 25.2 Å². The van der Waals surface area contributed by atoms with Crippen LogP contribution in [0.3, 0.4) is 0 Å². The fourth-order valence-electron chi connectivity index (χ4n) is 3.17. The van der Waals surface area contributed by atoms with E-state index < -0.39 is 0 Å². The zero-order chi connectivity index (χ0) is 16.4.